The standard InChI is InChI=1S/C12H18N2O3/c1-8-5-10(16-3)11(17-4)6-9(8)14(2)12(15)7-13/h5-6H,7,13H2,1-4H3. The zero-order valence-electron chi connectivity index (χ0n) is 10.6. The van der Waals surface area contributed by atoms with Crippen LogP contribution in [0.1, 0.15) is 5.56 Å². The molecule has 1 aromatic carbocycles. The Balaban J connectivity index is 3.21. The summed E-state index contributed by atoms with van der Waals surface area (Å²) in [5, 5.41) is 0. The van der Waals surface area contributed by atoms with E-state index in [0.29, 0.717) is 11.5 Å². The normalized spacial score (nSPS) is 9.94. The van der Waals surface area contributed by atoms with Gasteiger partial charge in [-0.25, -0.2) is 0 Å². The Hall–Kier alpha value is -1.75. The van der Waals surface area contributed by atoms with Gasteiger partial charge in [0, 0.05) is 13.1 Å². The predicted molar refractivity (Wildman–Crippen MR) is 66.7 cm³/mol. The number of hydrogen-bond acceptors (Lipinski definition) is 4. The van der Waals surface area contributed by atoms with E-state index in [0.717, 1.165) is 11.3 Å². The summed E-state index contributed by atoms with van der Waals surface area (Å²) >= 11 is 0. The number of likely N-dealkylation sites (N-methyl/N-ethyl adjacent to an activating group) is 1. The van der Waals surface area contributed by atoms with Crippen LogP contribution in [0.25, 0.3) is 0 Å². The fourth-order valence-electron chi connectivity index (χ4n) is 1.60. The lowest BCUT2D eigenvalue weighted by atomic mass is 10.1. The molecule has 0 spiro atoms. The van der Waals surface area contributed by atoms with E-state index in [1.165, 1.54) is 4.90 Å². The van der Waals surface area contributed by atoms with Crippen LogP contribution in [0.5, 0.6) is 11.5 Å². The molecular formula is C12H18N2O3. The van der Waals surface area contributed by atoms with Crippen LogP contribution in [0.4, 0.5) is 5.69 Å². The van der Waals surface area contributed by atoms with Crippen LogP contribution in [0, 0.1) is 6.92 Å². The summed E-state index contributed by atoms with van der Waals surface area (Å²) in [5.74, 6) is 1.08. The molecule has 1 amide bonds. The minimum atomic E-state index is -0.152. The molecule has 0 bridgehead atoms. The van der Waals surface area contributed by atoms with Crippen LogP contribution in [0.15, 0.2) is 12.1 Å². The Kier molecular flexibility index (Phi) is 4.34. The number of benzene rings is 1. The molecule has 0 atom stereocenters. The lowest BCUT2D eigenvalue weighted by Crippen LogP contribution is -2.32. The van der Waals surface area contributed by atoms with Crippen molar-refractivity contribution in [1.82, 2.24) is 0 Å². The zero-order chi connectivity index (χ0) is 13.0. The molecule has 1 aromatic rings. The number of aryl methyl sites for hydroxylation is 1. The minimum Gasteiger partial charge on any atom is -0.493 e. The number of nitrogens with zero attached hydrogens (tertiary/aromatic N) is 1. The number of carbonyl (C=O) groups excluding carboxylic acids is 1. The highest BCUT2D eigenvalue weighted by molar-refractivity contribution is 5.95. The monoisotopic (exact) mass is 238 g/mol. The number of ether oxygens (including phenoxy) is 2. The molecule has 0 unspecified atom stereocenters. The molecular weight excluding hydrogens is 220 g/mol. The lowest BCUT2D eigenvalue weighted by molar-refractivity contribution is -0.117. The highest BCUT2D eigenvalue weighted by Gasteiger charge is 2.15. The van der Waals surface area contributed by atoms with Crippen molar-refractivity contribution in [2.24, 2.45) is 5.73 Å². The Labute approximate surface area is 101 Å². The van der Waals surface area contributed by atoms with E-state index in [1.807, 2.05) is 13.0 Å². The van der Waals surface area contributed by atoms with Gasteiger partial charge in [0.1, 0.15) is 0 Å². The van der Waals surface area contributed by atoms with Gasteiger partial charge < -0.3 is 20.1 Å². The summed E-state index contributed by atoms with van der Waals surface area (Å²) in [6, 6.07) is 3.59. The molecule has 2 N–H and O–H groups in total. The quantitative estimate of drug-likeness (QED) is 0.847. The van der Waals surface area contributed by atoms with Crippen molar-refractivity contribution in [3.8, 4) is 11.5 Å². The maximum absolute atomic E-state index is 11.5. The SMILES string of the molecule is COc1cc(C)c(N(C)C(=O)CN)cc1OC. The fourth-order valence-corrected chi connectivity index (χ4v) is 1.60. The fraction of sp³-hybridized carbons (Fsp3) is 0.417. The Morgan fingerprint density at radius 1 is 1.29 bits per heavy atom. The molecule has 1 rings (SSSR count). The third-order valence-electron chi connectivity index (χ3n) is 2.61. The molecule has 0 aliphatic carbocycles. The van der Waals surface area contributed by atoms with Crippen molar-refractivity contribution in [1.29, 1.82) is 0 Å². The Morgan fingerprint density at radius 3 is 2.29 bits per heavy atom. The van der Waals surface area contributed by atoms with Gasteiger partial charge in [-0.15, -0.1) is 0 Å². The van der Waals surface area contributed by atoms with E-state index in [9.17, 15) is 4.79 Å². The van der Waals surface area contributed by atoms with E-state index in [-0.39, 0.29) is 12.5 Å². The van der Waals surface area contributed by atoms with Crippen LogP contribution < -0.4 is 20.1 Å². The zero-order valence-corrected chi connectivity index (χ0v) is 10.6. The number of rotatable bonds is 4. The second-order valence-corrected chi connectivity index (χ2v) is 3.65. The number of anilines is 1. The van der Waals surface area contributed by atoms with Gasteiger partial charge in [-0.3, -0.25) is 4.79 Å². The summed E-state index contributed by atoms with van der Waals surface area (Å²) in [4.78, 5) is 13.1. The number of methoxy groups -OCH3 is 2. The molecule has 5 heteroatoms. The third-order valence-corrected chi connectivity index (χ3v) is 2.61. The van der Waals surface area contributed by atoms with Gasteiger partial charge in [0.2, 0.25) is 5.91 Å². The summed E-state index contributed by atoms with van der Waals surface area (Å²) in [6.45, 7) is 1.88. The number of carbonyl (C=O) groups is 1. The van der Waals surface area contributed by atoms with Crippen LogP contribution in [0.2, 0.25) is 0 Å². The van der Waals surface area contributed by atoms with Crippen molar-refractivity contribution in [2.45, 2.75) is 6.92 Å². The Morgan fingerprint density at radius 2 is 1.82 bits per heavy atom. The van der Waals surface area contributed by atoms with Gasteiger partial charge >= 0.3 is 0 Å². The molecule has 0 aliphatic heterocycles. The average molecular weight is 238 g/mol. The minimum absolute atomic E-state index is 0.0235. The van der Waals surface area contributed by atoms with Gasteiger partial charge in [0.05, 0.1) is 26.5 Å². The van der Waals surface area contributed by atoms with E-state index in [1.54, 1.807) is 27.3 Å². The van der Waals surface area contributed by atoms with Crippen LogP contribution in [-0.2, 0) is 4.79 Å². The van der Waals surface area contributed by atoms with Crippen molar-refractivity contribution < 1.29 is 14.3 Å². The Bertz CT molecular complexity index is 418. The highest BCUT2D eigenvalue weighted by Crippen LogP contribution is 2.34. The van der Waals surface area contributed by atoms with Crippen molar-refractivity contribution in [3.05, 3.63) is 17.7 Å². The molecule has 0 aromatic heterocycles. The molecule has 0 saturated heterocycles. The number of amides is 1. The molecule has 0 saturated carbocycles. The first-order valence-electron chi connectivity index (χ1n) is 5.24. The summed E-state index contributed by atoms with van der Waals surface area (Å²) in [6.07, 6.45) is 0. The second kappa shape index (κ2) is 5.54. The third kappa shape index (κ3) is 2.68. The van der Waals surface area contributed by atoms with E-state index in [2.05, 4.69) is 0 Å². The largest absolute Gasteiger partial charge is 0.493 e. The molecule has 94 valence electrons. The van der Waals surface area contributed by atoms with Crippen LogP contribution >= 0.6 is 0 Å². The smallest absolute Gasteiger partial charge is 0.240 e. The number of nitrogens with two attached hydrogens (primary N) is 1. The van der Waals surface area contributed by atoms with Crippen molar-refractivity contribution in [3.63, 3.8) is 0 Å². The van der Waals surface area contributed by atoms with Crippen LogP contribution in [-0.4, -0.2) is 33.7 Å². The maximum atomic E-state index is 11.5. The van der Waals surface area contributed by atoms with E-state index in [4.69, 9.17) is 15.2 Å². The van der Waals surface area contributed by atoms with Gasteiger partial charge in [0.25, 0.3) is 0 Å². The molecule has 0 aliphatic rings. The number of hydrogen-bond donors (Lipinski definition) is 1. The molecule has 0 fully saturated rings. The summed E-state index contributed by atoms with van der Waals surface area (Å²) in [7, 11) is 4.82. The lowest BCUT2D eigenvalue weighted by Gasteiger charge is -2.20. The summed E-state index contributed by atoms with van der Waals surface area (Å²) < 4.78 is 10.4. The average Bonchev–Trinajstić information content (AvgIpc) is 2.36. The first-order chi connectivity index (χ1) is 8.04. The van der Waals surface area contributed by atoms with Crippen molar-refractivity contribution in [2.75, 3.05) is 32.7 Å². The molecule has 5 nitrogen and oxygen atoms in total. The summed E-state index contributed by atoms with van der Waals surface area (Å²) in [5.41, 5.74) is 7.03. The van der Waals surface area contributed by atoms with Crippen molar-refractivity contribution >= 4 is 11.6 Å². The van der Waals surface area contributed by atoms with Gasteiger partial charge in [-0.2, -0.15) is 0 Å². The second-order valence-electron chi connectivity index (χ2n) is 3.65. The van der Waals surface area contributed by atoms with E-state index >= 15 is 0 Å². The van der Waals surface area contributed by atoms with Crippen LogP contribution in [0.3, 0.4) is 0 Å². The highest BCUT2D eigenvalue weighted by atomic mass is 16.5. The first-order valence-corrected chi connectivity index (χ1v) is 5.24. The van der Waals surface area contributed by atoms with Gasteiger partial charge in [0.15, 0.2) is 11.5 Å². The molecule has 17 heavy (non-hydrogen) atoms. The first kappa shape index (κ1) is 13.3. The van der Waals surface area contributed by atoms with Gasteiger partial charge in [-0.05, 0) is 18.6 Å². The maximum Gasteiger partial charge on any atom is 0.240 e. The molecule has 0 heterocycles. The topological polar surface area (TPSA) is 64.8 Å². The van der Waals surface area contributed by atoms with E-state index < -0.39 is 0 Å². The molecule has 0 radical (unpaired) electrons. The predicted octanol–water partition coefficient (Wildman–Crippen LogP) is 0.934. The van der Waals surface area contributed by atoms with Gasteiger partial charge in [-0.1, -0.05) is 0 Å².